The van der Waals surface area contributed by atoms with E-state index in [-0.39, 0.29) is 9.99 Å². The molecule has 0 radical (unpaired) electrons. The van der Waals surface area contributed by atoms with Crippen LogP contribution in [0.4, 0.5) is 0 Å². The van der Waals surface area contributed by atoms with Crippen LogP contribution in [0.3, 0.4) is 0 Å². The Hall–Kier alpha value is -0.260. The van der Waals surface area contributed by atoms with Crippen molar-refractivity contribution in [1.29, 1.82) is 0 Å². The van der Waals surface area contributed by atoms with Crippen molar-refractivity contribution in [3.8, 4) is 0 Å². The van der Waals surface area contributed by atoms with E-state index in [0.29, 0.717) is 0 Å². The molecule has 2 unspecified atom stereocenters. The molecule has 0 saturated carbocycles. The number of aromatic amines is 1. The molecule has 1 aliphatic heterocycles. The second-order valence-electron chi connectivity index (χ2n) is 5.10. The summed E-state index contributed by atoms with van der Waals surface area (Å²) in [5.74, 6) is 0. The minimum Gasteiger partial charge on any atom is -0.388 e. The summed E-state index contributed by atoms with van der Waals surface area (Å²) in [4.78, 5) is 60.6. The average Bonchev–Trinajstić information content (AvgIpc) is 2.78. The normalized spacial score (nSPS) is 27.3. The molecule has 0 aromatic carbocycles. The minimum atomic E-state index is -5.74. The van der Waals surface area contributed by atoms with Crippen molar-refractivity contribution < 1.29 is 56.3 Å². The molecule has 0 spiro atoms. The van der Waals surface area contributed by atoms with Crippen LogP contribution in [-0.4, -0.2) is 46.6 Å². The van der Waals surface area contributed by atoms with Gasteiger partial charge in [-0.15, -0.1) is 0 Å². The monoisotopic (exact) mass is 580 g/mol. The van der Waals surface area contributed by atoms with Crippen LogP contribution in [0, 0.1) is 3.57 Å². The summed E-state index contributed by atoms with van der Waals surface area (Å²) in [7, 11) is -16.8. The molecule has 1 saturated heterocycles. The lowest BCUT2D eigenvalue weighted by molar-refractivity contribution is -0.134. The van der Waals surface area contributed by atoms with Crippen molar-refractivity contribution in [3.05, 3.63) is 30.6 Å². The Labute approximate surface area is 167 Å². The summed E-state index contributed by atoms with van der Waals surface area (Å²) >= 11 is 1.62. The predicted octanol–water partition coefficient (Wildman–Crippen LogP) is -0.910. The summed E-state index contributed by atoms with van der Waals surface area (Å²) in [5.41, 5.74) is -1.59. The molecule has 1 fully saturated rings. The van der Waals surface area contributed by atoms with Crippen LogP contribution in [0.2, 0.25) is 0 Å². The summed E-state index contributed by atoms with van der Waals surface area (Å²) in [6.07, 6.45) is -4.11. The highest BCUT2D eigenvalue weighted by atomic mass is 127. The highest BCUT2D eigenvalue weighted by molar-refractivity contribution is 14.1. The topological polar surface area (TPSA) is 244 Å². The number of phosphoric acid groups is 3. The Balaban J connectivity index is 2.13. The quantitative estimate of drug-likeness (QED) is 0.169. The third kappa shape index (κ3) is 6.63. The SMILES string of the molecule is O=c1[nH]c(=O)n([C@H]2C[C@@H](O)[C@@H](OP(=O)(O)OP(=O)(O)OP(=O)(O)O)O2)cc1I. The summed E-state index contributed by atoms with van der Waals surface area (Å²) in [6, 6.07) is 0. The van der Waals surface area contributed by atoms with E-state index in [2.05, 4.69) is 13.1 Å². The van der Waals surface area contributed by atoms with Gasteiger partial charge in [-0.05, 0) is 22.6 Å². The highest BCUT2D eigenvalue weighted by Gasteiger charge is 2.46. The van der Waals surface area contributed by atoms with Crippen molar-refractivity contribution in [1.82, 2.24) is 9.55 Å². The fraction of sp³-hybridized carbons (Fsp3) is 0.500. The summed E-state index contributed by atoms with van der Waals surface area (Å²) < 4.78 is 51.0. The fourth-order valence-electron chi connectivity index (χ4n) is 2.00. The second-order valence-corrected chi connectivity index (χ2v) is 10.6. The Morgan fingerprint density at radius 1 is 1.14 bits per heavy atom. The van der Waals surface area contributed by atoms with Gasteiger partial charge < -0.3 is 29.4 Å². The standard InChI is InChI=1S/C8H12IN2O14P3/c9-3-2-11(8(14)10-6(3)13)5-1-4(12)7(22-5)23-27(18,19)25-28(20,21)24-26(15,16)17/h2,4-5,7,12H,1H2,(H,18,19)(H,20,21)(H,10,13,14)(H2,15,16,17)/t4-,5-,7-/m1/s1. The lowest BCUT2D eigenvalue weighted by atomic mass is 10.2. The number of rotatable bonds is 7. The van der Waals surface area contributed by atoms with Gasteiger partial charge in [-0.25, -0.2) is 18.5 Å². The van der Waals surface area contributed by atoms with E-state index < -0.39 is 53.3 Å². The molecular weight excluding hydrogens is 568 g/mol. The number of H-pyrrole nitrogens is 1. The van der Waals surface area contributed by atoms with Gasteiger partial charge in [0.15, 0.2) is 6.29 Å². The molecule has 2 heterocycles. The van der Waals surface area contributed by atoms with Crippen LogP contribution < -0.4 is 11.2 Å². The maximum absolute atomic E-state index is 11.8. The van der Waals surface area contributed by atoms with Crippen LogP contribution in [0.25, 0.3) is 0 Å². The summed E-state index contributed by atoms with van der Waals surface area (Å²) in [5, 5.41) is 9.87. The largest absolute Gasteiger partial charge is 0.490 e. The molecule has 1 aromatic heterocycles. The molecule has 1 aliphatic rings. The lowest BCUT2D eigenvalue weighted by Gasteiger charge is -2.20. The molecule has 1 aromatic rings. The first-order valence-corrected chi connectivity index (χ1v) is 12.4. The lowest BCUT2D eigenvalue weighted by Crippen LogP contribution is -2.33. The molecule has 0 amide bonds. The molecule has 6 N–H and O–H groups in total. The smallest absolute Gasteiger partial charge is 0.388 e. The number of aromatic nitrogens is 2. The van der Waals surface area contributed by atoms with E-state index in [1.165, 1.54) is 0 Å². The van der Waals surface area contributed by atoms with Gasteiger partial charge in [0, 0.05) is 12.6 Å². The number of phosphoric ester groups is 1. The van der Waals surface area contributed by atoms with Crippen molar-refractivity contribution in [3.63, 3.8) is 0 Å². The number of hydrogen-bond acceptors (Lipinski definition) is 10. The maximum atomic E-state index is 11.8. The maximum Gasteiger partial charge on any atom is 0.490 e. The van der Waals surface area contributed by atoms with Crippen LogP contribution in [0.5, 0.6) is 0 Å². The first-order valence-electron chi connectivity index (χ1n) is 6.75. The molecule has 20 heteroatoms. The van der Waals surface area contributed by atoms with Gasteiger partial charge in [-0.1, -0.05) is 0 Å². The van der Waals surface area contributed by atoms with Crippen molar-refractivity contribution in [2.24, 2.45) is 0 Å². The van der Waals surface area contributed by atoms with Gasteiger partial charge in [0.25, 0.3) is 5.56 Å². The number of hydrogen-bond donors (Lipinski definition) is 6. The first-order chi connectivity index (χ1) is 12.6. The van der Waals surface area contributed by atoms with Crippen molar-refractivity contribution >= 4 is 46.1 Å². The van der Waals surface area contributed by atoms with E-state index in [1.807, 2.05) is 4.98 Å². The summed E-state index contributed by atoms with van der Waals surface area (Å²) in [6.45, 7) is 0. The van der Waals surface area contributed by atoms with E-state index >= 15 is 0 Å². The van der Waals surface area contributed by atoms with Crippen molar-refractivity contribution in [2.75, 3.05) is 0 Å². The van der Waals surface area contributed by atoms with Crippen LogP contribution in [0.15, 0.2) is 15.8 Å². The molecule has 5 atom stereocenters. The number of aliphatic hydroxyl groups is 1. The van der Waals surface area contributed by atoms with Gasteiger partial charge in [0.05, 0.1) is 3.57 Å². The number of nitrogens with zero attached hydrogens (tertiary/aromatic N) is 1. The fourth-order valence-corrected chi connectivity index (χ4v) is 5.55. The zero-order valence-electron chi connectivity index (χ0n) is 13.1. The van der Waals surface area contributed by atoms with Gasteiger partial charge >= 0.3 is 29.2 Å². The van der Waals surface area contributed by atoms with Gasteiger partial charge in [-0.3, -0.25) is 18.9 Å². The van der Waals surface area contributed by atoms with E-state index in [0.717, 1.165) is 10.8 Å². The molecular formula is C8H12IN2O14P3. The van der Waals surface area contributed by atoms with E-state index in [4.69, 9.17) is 19.4 Å². The number of ether oxygens (including phenoxy) is 1. The van der Waals surface area contributed by atoms with E-state index in [9.17, 15) is 33.3 Å². The first kappa shape index (κ1) is 24.0. The number of halogens is 1. The molecule has 0 aliphatic carbocycles. The van der Waals surface area contributed by atoms with Crippen LogP contribution in [0.1, 0.15) is 12.6 Å². The van der Waals surface area contributed by atoms with Crippen molar-refractivity contribution in [2.45, 2.75) is 25.0 Å². The van der Waals surface area contributed by atoms with Crippen LogP contribution in [-0.2, 0) is 31.6 Å². The Morgan fingerprint density at radius 2 is 1.75 bits per heavy atom. The molecule has 160 valence electrons. The molecule has 2 rings (SSSR count). The molecule has 28 heavy (non-hydrogen) atoms. The van der Waals surface area contributed by atoms with E-state index in [1.54, 1.807) is 22.6 Å². The second kappa shape index (κ2) is 8.47. The molecule has 16 nitrogen and oxygen atoms in total. The Morgan fingerprint density at radius 3 is 2.32 bits per heavy atom. The zero-order chi connectivity index (χ0) is 21.5. The Kier molecular flexibility index (Phi) is 7.26. The molecule has 0 bridgehead atoms. The third-order valence-corrected chi connectivity index (χ3v) is 7.51. The number of aliphatic hydroxyl groups excluding tert-OH is 1. The van der Waals surface area contributed by atoms with Gasteiger partial charge in [0.1, 0.15) is 12.3 Å². The average molecular weight is 580 g/mol. The minimum absolute atomic E-state index is 0.0895. The van der Waals surface area contributed by atoms with Crippen LogP contribution >= 0.6 is 46.1 Å². The third-order valence-electron chi connectivity index (χ3n) is 2.94. The number of nitrogens with one attached hydrogen (secondary N) is 1. The van der Waals surface area contributed by atoms with Gasteiger partial charge in [0.2, 0.25) is 0 Å². The van der Waals surface area contributed by atoms with Gasteiger partial charge in [-0.2, -0.15) is 8.62 Å². The zero-order valence-corrected chi connectivity index (χ0v) is 17.9. The predicted molar refractivity (Wildman–Crippen MR) is 93.5 cm³/mol. The highest BCUT2D eigenvalue weighted by Crippen LogP contribution is 2.66. The Bertz CT molecular complexity index is 999.